The summed E-state index contributed by atoms with van der Waals surface area (Å²) in [6.45, 7) is 3.13. The van der Waals surface area contributed by atoms with Gasteiger partial charge in [0.25, 0.3) is 5.82 Å². The number of imidazole rings is 1. The Morgan fingerprint density at radius 2 is 1.74 bits per heavy atom. The van der Waals surface area contributed by atoms with Gasteiger partial charge in [-0.15, -0.1) is 0 Å². The molecule has 0 aliphatic carbocycles. The number of benzene rings is 1. The predicted molar refractivity (Wildman–Crippen MR) is 107 cm³/mol. The van der Waals surface area contributed by atoms with E-state index in [2.05, 4.69) is 10.6 Å². The van der Waals surface area contributed by atoms with Crippen LogP contribution in [0.25, 0.3) is 0 Å². The van der Waals surface area contributed by atoms with Gasteiger partial charge in [0, 0.05) is 13.8 Å². The van der Waals surface area contributed by atoms with Crippen molar-refractivity contribution in [1.29, 1.82) is 0 Å². The number of aliphatic hydroxyl groups excluding tert-OH is 1. The Hall–Kier alpha value is -3.60. The van der Waals surface area contributed by atoms with Crippen molar-refractivity contribution < 1.29 is 33.7 Å². The van der Waals surface area contributed by atoms with Crippen molar-refractivity contribution in [2.45, 2.75) is 26.3 Å². The van der Waals surface area contributed by atoms with Gasteiger partial charge in [-0.1, -0.05) is 6.07 Å². The van der Waals surface area contributed by atoms with Gasteiger partial charge in [-0.25, -0.2) is 14.1 Å². The zero-order valence-electron chi connectivity index (χ0n) is 17.6. The van der Waals surface area contributed by atoms with Crippen LogP contribution in [-0.4, -0.2) is 48.3 Å². The standard InChI is InChI=1S/C20H24N4O7/c1-10-11(2)24(29)19(23(10)7-8-25)15(16-17(26)21-20(28)22-18(16)27)12-5-6-13(30-3)14(9-12)31-4/h5-6,9,15-16,25H,7-8H2,1-4H3,(H2,21,22,26,27,28)/t15-/m1/s1. The van der Waals surface area contributed by atoms with Crippen LogP contribution in [-0.2, 0) is 16.1 Å². The second-order valence-electron chi connectivity index (χ2n) is 7.08. The summed E-state index contributed by atoms with van der Waals surface area (Å²) in [7, 11) is 2.90. The summed E-state index contributed by atoms with van der Waals surface area (Å²) in [5.74, 6) is -3.32. The van der Waals surface area contributed by atoms with Crippen LogP contribution < -0.4 is 24.8 Å². The van der Waals surface area contributed by atoms with Gasteiger partial charge < -0.3 is 19.8 Å². The first-order chi connectivity index (χ1) is 14.7. The number of ether oxygens (including phenoxy) is 2. The average molecular weight is 432 g/mol. The molecule has 0 unspecified atom stereocenters. The first-order valence-electron chi connectivity index (χ1n) is 9.52. The number of aliphatic hydroxyl groups is 1. The number of amides is 4. The minimum atomic E-state index is -1.41. The monoisotopic (exact) mass is 432 g/mol. The number of carbonyl (C=O) groups excluding carboxylic acids is 3. The molecular weight excluding hydrogens is 408 g/mol. The summed E-state index contributed by atoms with van der Waals surface area (Å²) in [6.07, 6.45) is 0. The quantitative estimate of drug-likeness (QED) is 0.314. The number of methoxy groups -OCH3 is 2. The minimum Gasteiger partial charge on any atom is -0.711 e. The molecule has 2 heterocycles. The third-order valence-electron chi connectivity index (χ3n) is 5.46. The second-order valence-corrected chi connectivity index (χ2v) is 7.08. The Bertz CT molecular complexity index is 1030. The maximum Gasteiger partial charge on any atom is 0.328 e. The van der Waals surface area contributed by atoms with Gasteiger partial charge in [0.15, 0.2) is 11.5 Å². The fraction of sp³-hybridized carbons (Fsp3) is 0.400. The molecule has 11 heteroatoms. The normalized spacial score (nSPS) is 15.5. The van der Waals surface area contributed by atoms with Gasteiger partial charge in [0.2, 0.25) is 11.8 Å². The van der Waals surface area contributed by atoms with Gasteiger partial charge in [0.1, 0.15) is 29.8 Å². The number of nitrogens with one attached hydrogen (secondary N) is 2. The molecule has 1 fully saturated rings. The lowest BCUT2D eigenvalue weighted by Crippen LogP contribution is -2.58. The Morgan fingerprint density at radius 1 is 1.13 bits per heavy atom. The van der Waals surface area contributed by atoms with Gasteiger partial charge >= 0.3 is 6.03 Å². The molecule has 3 N–H and O–H groups in total. The van der Waals surface area contributed by atoms with Crippen molar-refractivity contribution in [3.05, 3.63) is 46.2 Å². The maximum absolute atomic E-state index is 13.1. The topological polar surface area (TPSA) is 146 Å². The highest BCUT2D eigenvalue weighted by Gasteiger charge is 2.47. The number of carbonyl (C=O) groups is 3. The van der Waals surface area contributed by atoms with E-state index in [0.717, 1.165) is 0 Å². The summed E-state index contributed by atoms with van der Waals surface area (Å²) in [5.41, 5.74) is 1.36. The molecule has 3 rings (SSSR count). The molecule has 1 atom stereocenters. The van der Waals surface area contributed by atoms with Crippen LogP contribution in [0.3, 0.4) is 0 Å². The molecule has 1 aliphatic rings. The van der Waals surface area contributed by atoms with Crippen molar-refractivity contribution in [1.82, 2.24) is 15.2 Å². The molecule has 31 heavy (non-hydrogen) atoms. The van der Waals surface area contributed by atoms with Crippen LogP contribution in [0.4, 0.5) is 4.79 Å². The maximum atomic E-state index is 13.1. The van der Waals surface area contributed by atoms with E-state index >= 15 is 0 Å². The molecule has 0 bridgehead atoms. The minimum absolute atomic E-state index is 0.0793. The second kappa shape index (κ2) is 8.64. The molecule has 1 aromatic carbocycles. The molecule has 4 amide bonds. The molecule has 0 spiro atoms. The van der Waals surface area contributed by atoms with E-state index in [4.69, 9.17) is 9.47 Å². The molecular formula is C20H24N4O7. The number of hydrogen-bond donors (Lipinski definition) is 3. The smallest absolute Gasteiger partial charge is 0.328 e. The van der Waals surface area contributed by atoms with Crippen molar-refractivity contribution in [3.63, 3.8) is 0 Å². The molecule has 1 aromatic heterocycles. The number of urea groups is 1. The Morgan fingerprint density at radius 3 is 2.29 bits per heavy atom. The lowest BCUT2D eigenvalue weighted by atomic mass is 9.82. The third kappa shape index (κ3) is 3.79. The number of imide groups is 2. The molecule has 11 nitrogen and oxygen atoms in total. The molecule has 1 saturated heterocycles. The highest BCUT2D eigenvalue weighted by Crippen LogP contribution is 2.38. The summed E-state index contributed by atoms with van der Waals surface area (Å²) >= 11 is 0. The van der Waals surface area contributed by atoms with Crippen molar-refractivity contribution in [3.8, 4) is 11.5 Å². The SMILES string of the molecule is COc1ccc([C@@H](c2n(CCO)c(C)c(C)[n+]2[O-])C2C(=O)NC(=O)NC2=O)cc1OC. The molecule has 2 aromatic rings. The molecule has 166 valence electrons. The fourth-order valence-electron chi connectivity index (χ4n) is 3.84. The molecule has 0 radical (unpaired) electrons. The van der Waals surface area contributed by atoms with Gasteiger partial charge in [0.05, 0.1) is 20.8 Å². The largest absolute Gasteiger partial charge is 0.711 e. The Kier molecular flexibility index (Phi) is 6.16. The Labute approximate surface area is 178 Å². The van der Waals surface area contributed by atoms with Gasteiger partial charge in [-0.2, -0.15) is 0 Å². The lowest BCUT2D eigenvalue weighted by Gasteiger charge is -2.28. The zero-order chi connectivity index (χ0) is 22.9. The van der Waals surface area contributed by atoms with Gasteiger partial charge in [-0.05, 0) is 17.7 Å². The summed E-state index contributed by atoms with van der Waals surface area (Å²) in [5, 5.41) is 26.8. The third-order valence-corrected chi connectivity index (χ3v) is 5.46. The van der Waals surface area contributed by atoms with E-state index in [1.807, 2.05) is 0 Å². The molecule has 0 saturated carbocycles. The number of rotatable bonds is 7. The summed E-state index contributed by atoms with van der Waals surface area (Å²) < 4.78 is 12.8. The van der Waals surface area contributed by atoms with E-state index in [1.54, 1.807) is 36.6 Å². The van der Waals surface area contributed by atoms with E-state index in [0.29, 0.717) is 33.2 Å². The number of nitrogens with zero attached hydrogens (tertiary/aromatic N) is 2. The fourth-order valence-corrected chi connectivity index (χ4v) is 3.84. The first kappa shape index (κ1) is 22.1. The van der Waals surface area contributed by atoms with Crippen LogP contribution in [0.2, 0.25) is 0 Å². The van der Waals surface area contributed by atoms with Crippen LogP contribution in [0, 0.1) is 25.0 Å². The van der Waals surface area contributed by atoms with Crippen LogP contribution in [0.1, 0.15) is 28.7 Å². The predicted octanol–water partition coefficient (Wildman–Crippen LogP) is -0.138. The van der Waals surface area contributed by atoms with Crippen molar-refractivity contribution >= 4 is 17.8 Å². The van der Waals surface area contributed by atoms with Crippen molar-refractivity contribution in [2.24, 2.45) is 5.92 Å². The molecule has 1 aliphatic heterocycles. The summed E-state index contributed by atoms with van der Waals surface area (Å²) in [4.78, 5) is 37.1. The zero-order valence-corrected chi connectivity index (χ0v) is 17.6. The highest BCUT2D eigenvalue weighted by molar-refractivity contribution is 6.16. The summed E-state index contributed by atoms with van der Waals surface area (Å²) in [6, 6.07) is 3.86. The van der Waals surface area contributed by atoms with Crippen LogP contribution >= 0.6 is 0 Å². The van der Waals surface area contributed by atoms with Crippen LogP contribution in [0.15, 0.2) is 18.2 Å². The van der Waals surface area contributed by atoms with Crippen molar-refractivity contribution in [2.75, 3.05) is 20.8 Å². The van der Waals surface area contributed by atoms with E-state index in [9.17, 15) is 24.7 Å². The Balaban J connectivity index is 2.29. The first-order valence-corrected chi connectivity index (χ1v) is 9.52. The number of barbiturate groups is 1. The van der Waals surface area contributed by atoms with Crippen LogP contribution in [0.5, 0.6) is 11.5 Å². The lowest BCUT2D eigenvalue weighted by molar-refractivity contribution is -0.621. The highest BCUT2D eigenvalue weighted by atomic mass is 16.5. The van der Waals surface area contributed by atoms with E-state index in [1.165, 1.54) is 14.2 Å². The van der Waals surface area contributed by atoms with E-state index < -0.39 is 29.7 Å². The van der Waals surface area contributed by atoms with E-state index in [-0.39, 0.29) is 19.0 Å². The van der Waals surface area contributed by atoms with Gasteiger partial charge in [-0.3, -0.25) is 20.2 Å². The average Bonchev–Trinajstić information content (AvgIpc) is 2.94. The number of hydrogen-bond acceptors (Lipinski definition) is 7. The number of aromatic nitrogens is 2.